The molecule has 2 heterocycles. The SMILES string of the molecule is NCc1cnc(-n2cc(I)cn2)c(Cl)c1. The lowest BCUT2D eigenvalue weighted by atomic mass is 10.3. The molecule has 0 aliphatic heterocycles. The smallest absolute Gasteiger partial charge is 0.172 e. The van der Waals surface area contributed by atoms with Gasteiger partial charge in [0.1, 0.15) is 0 Å². The molecule has 2 aromatic rings. The van der Waals surface area contributed by atoms with E-state index in [1.54, 1.807) is 23.1 Å². The number of aromatic nitrogens is 3. The van der Waals surface area contributed by atoms with E-state index in [-0.39, 0.29) is 0 Å². The summed E-state index contributed by atoms with van der Waals surface area (Å²) < 4.78 is 2.68. The molecule has 0 atom stereocenters. The van der Waals surface area contributed by atoms with Crippen molar-refractivity contribution in [1.82, 2.24) is 14.8 Å². The third-order valence-corrected chi connectivity index (χ3v) is 2.72. The fourth-order valence-corrected chi connectivity index (χ4v) is 1.83. The number of nitrogens with zero attached hydrogens (tertiary/aromatic N) is 3. The lowest BCUT2D eigenvalue weighted by Gasteiger charge is -2.04. The normalized spacial score (nSPS) is 10.6. The Hall–Kier alpha value is -0.660. The van der Waals surface area contributed by atoms with Gasteiger partial charge >= 0.3 is 0 Å². The van der Waals surface area contributed by atoms with E-state index in [0.29, 0.717) is 17.4 Å². The van der Waals surface area contributed by atoms with Gasteiger partial charge in [-0.3, -0.25) is 0 Å². The highest BCUT2D eigenvalue weighted by Gasteiger charge is 2.06. The first-order valence-electron chi connectivity index (χ1n) is 4.25. The van der Waals surface area contributed by atoms with Crippen LogP contribution in [0.3, 0.4) is 0 Å². The average molecular weight is 335 g/mol. The highest BCUT2D eigenvalue weighted by Crippen LogP contribution is 2.19. The molecule has 78 valence electrons. The standard InChI is InChI=1S/C9H8ClIN4/c10-8-1-6(2-12)3-13-9(8)15-5-7(11)4-14-15/h1,3-5H,2,12H2. The van der Waals surface area contributed by atoms with Gasteiger partial charge in [0.15, 0.2) is 5.82 Å². The van der Waals surface area contributed by atoms with Crippen molar-refractivity contribution >= 4 is 34.2 Å². The van der Waals surface area contributed by atoms with Crippen LogP contribution in [0.5, 0.6) is 0 Å². The molecule has 2 aromatic heterocycles. The summed E-state index contributed by atoms with van der Waals surface area (Å²) >= 11 is 8.25. The summed E-state index contributed by atoms with van der Waals surface area (Å²) in [6.07, 6.45) is 5.31. The van der Waals surface area contributed by atoms with E-state index in [1.807, 2.05) is 6.20 Å². The minimum Gasteiger partial charge on any atom is -0.326 e. The molecule has 0 aromatic carbocycles. The Morgan fingerprint density at radius 1 is 1.47 bits per heavy atom. The van der Waals surface area contributed by atoms with Crippen LogP contribution in [0, 0.1) is 3.57 Å². The zero-order valence-electron chi connectivity index (χ0n) is 7.69. The largest absolute Gasteiger partial charge is 0.326 e. The molecule has 0 fully saturated rings. The fourth-order valence-electron chi connectivity index (χ4n) is 1.17. The van der Waals surface area contributed by atoms with Crippen LogP contribution < -0.4 is 5.73 Å². The van der Waals surface area contributed by atoms with Crippen LogP contribution in [0.25, 0.3) is 5.82 Å². The third-order valence-electron chi connectivity index (χ3n) is 1.88. The van der Waals surface area contributed by atoms with E-state index in [9.17, 15) is 0 Å². The predicted octanol–water partition coefficient (Wildman–Crippen LogP) is 1.98. The van der Waals surface area contributed by atoms with Crippen LogP contribution in [0.15, 0.2) is 24.7 Å². The van der Waals surface area contributed by atoms with Crippen LogP contribution >= 0.6 is 34.2 Å². The van der Waals surface area contributed by atoms with Crippen LogP contribution in [-0.4, -0.2) is 14.8 Å². The Kier molecular flexibility index (Phi) is 3.22. The summed E-state index contributed by atoms with van der Waals surface area (Å²) in [5.41, 5.74) is 6.40. The summed E-state index contributed by atoms with van der Waals surface area (Å²) in [6, 6.07) is 1.80. The zero-order chi connectivity index (χ0) is 10.8. The van der Waals surface area contributed by atoms with Gasteiger partial charge in [-0.05, 0) is 34.2 Å². The molecule has 4 nitrogen and oxygen atoms in total. The second kappa shape index (κ2) is 4.46. The van der Waals surface area contributed by atoms with Gasteiger partial charge < -0.3 is 5.73 Å². The van der Waals surface area contributed by atoms with Crippen LogP contribution in [0.4, 0.5) is 0 Å². The molecule has 15 heavy (non-hydrogen) atoms. The molecule has 0 aliphatic carbocycles. The van der Waals surface area contributed by atoms with Gasteiger partial charge in [0.2, 0.25) is 0 Å². The number of halogens is 2. The second-order valence-corrected chi connectivity index (χ2v) is 4.61. The minimum atomic E-state index is 0.434. The molecule has 2 N–H and O–H groups in total. The summed E-state index contributed by atoms with van der Waals surface area (Å²) in [4.78, 5) is 4.22. The molecule has 0 amide bonds. The van der Waals surface area contributed by atoms with Crippen molar-refractivity contribution in [1.29, 1.82) is 0 Å². The minimum absolute atomic E-state index is 0.434. The summed E-state index contributed by atoms with van der Waals surface area (Å²) in [7, 11) is 0. The monoisotopic (exact) mass is 334 g/mol. The van der Waals surface area contributed by atoms with Crippen molar-refractivity contribution in [2.24, 2.45) is 5.73 Å². The maximum absolute atomic E-state index is 6.07. The van der Waals surface area contributed by atoms with E-state index in [2.05, 4.69) is 32.7 Å². The molecule has 0 radical (unpaired) electrons. The maximum atomic E-state index is 6.07. The van der Waals surface area contributed by atoms with Crippen LogP contribution in [-0.2, 0) is 6.54 Å². The molecule has 0 aliphatic rings. The number of hydrogen-bond donors (Lipinski definition) is 1. The summed E-state index contributed by atoms with van der Waals surface area (Å²) in [5.74, 6) is 0.622. The van der Waals surface area contributed by atoms with E-state index in [0.717, 1.165) is 9.13 Å². The molecular formula is C9H8ClIN4. The highest BCUT2D eigenvalue weighted by molar-refractivity contribution is 14.1. The molecular weight excluding hydrogens is 326 g/mol. The Labute approximate surface area is 106 Å². The summed E-state index contributed by atoms with van der Waals surface area (Å²) in [6.45, 7) is 0.434. The lowest BCUT2D eigenvalue weighted by molar-refractivity contribution is 0.842. The number of rotatable bonds is 2. The number of hydrogen-bond acceptors (Lipinski definition) is 3. The molecule has 0 saturated carbocycles. The molecule has 0 bridgehead atoms. The van der Waals surface area contributed by atoms with E-state index in [1.165, 1.54) is 0 Å². The molecule has 0 spiro atoms. The van der Waals surface area contributed by atoms with Gasteiger partial charge in [-0.25, -0.2) is 9.67 Å². The predicted molar refractivity (Wildman–Crippen MR) is 67.0 cm³/mol. The zero-order valence-corrected chi connectivity index (χ0v) is 10.6. The van der Waals surface area contributed by atoms with Crippen molar-refractivity contribution in [2.75, 3.05) is 0 Å². The van der Waals surface area contributed by atoms with E-state index >= 15 is 0 Å². The molecule has 0 saturated heterocycles. The van der Waals surface area contributed by atoms with Crippen molar-refractivity contribution in [2.45, 2.75) is 6.54 Å². The number of nitrogens with two attached hydrogens (primary N) is 1. The molecule has 2 rings (SSSR count). The van der Waals surface area contributed by atoms with Crippen molar-refractivity contribution in [3.05, 3.63) is 38.8 Å². The Bertz CT molecular complexity index is 483. The van der Waals surface area contributed by atoms with Crippen molar-refractivity contribution < 1.29 is 0 Å². The maximum Gasteiger partial charge on any atom is 0.172 e. The Morgan fingerprint density at radius 3 is 2.80 bits per heavy atom. The van der Waals surface area contributed by atoms with Gasteiger partial charge in [-0.1, -0.05) is 11.6 Å². The van der Waals surface area contributed by atoms with Crippen molar-refractivity contribution in [3.63, 3.8) is 0 Å². The summed E-state index contributed by atoms with van der Waals surface area (Å²) in [5, 5.41) is 4.69. The van der Waals surface area contributed by atoms with Gasteiger partial charge in [-0.15, -0.1) is 0 Å². The first-order valence-corrected chi connectivity index (χ1v) is 5.71. The van der Waals surface area contributed by atoms with Gasteiger partial charge in [-0.2, -0.15) is 5.10 Å². The fraction of sp³-hybridized carbons (Fsp3) is 0.111. The van der Waals surface area contributed by atoms with Crippen LogP contribution in [0.1, 0.15) is 5.56 Å². The molecule has 6 heteroatoms. The topological polar surface area (TPSA) is 56.7 Å². The van der Waals surface area contributed by atoms with E-state index < -0.39 is 0 Å². The highest BCUT2D eigenvalue weighted by atomic mass is 127. The average Bonchev–Trinajstić information content (AvgIpc) is 2.64. The van der Waals surface area contributed by atoms with Crippen molar-refractivity contribution in [3.8, 4) is 5.82 Å². The first kappa shape index (κ1) is 10.8. The molecule has 0 unspecified atom stereocenters. The van der Waals surface area contributed by atoms with Gasteiger partial charge in [0.25, 0.3) is 0 Å². The Morgan fingerprint density at radius 2 is 2.27 bits per heavy atom. The number of pyridine rings is 1. The Balaban J connectivity index is 2.45. The van der Waals surface area contributed by atoms with Crippen LogP contribution in [0.2, 0.25) is 5.02 Å². The van der Waals surface area contributed by atoms with Gasteiger partial charge in [0.05, 0.1) is 14.8 Å². The third kappa shape index (κ3) is 2.30. The quantitative estimate of drug-likeness (QED) is 0.855. The van der Waals surface area contributed by atoms with E-state index in [4.69, 9.17) is 17.3 Å². The first-order chi connectivity index (χ1) is 7.20. The lowest BCUT2D eigenvalue weighted by Crippen LogP contribution is -2.02. The van der Waals surface area contributed by atoms with Gasteiger partial charge in [0, 0.05) is 18.9 Å². The second-order valence-electron chi connectivity index (χ2n) is 2.96.